The summed E-state index contributed by atoms with van der Waals surface area (Å²) in [5, 5.41) is 0. The molecule has 1 aromatic rings. The number of nitrogens with two attached hydrogens (primary N) is 1. The van der Waals surface area contributed by atoms with Crippen molar-refractivity contribution in [3.05, 3.63) is 21.4 Å². The van der Waals surface area contributed by atoms with E-state index in [1.807, 2.05) is 11.3 Å². The predicted molar refractivity (Wildman–Crippen MR) is 67.3 cm³/mol. The van der Waals surface area contributed by atoms with Crippen LogP contribution in [0.25, 0.3) is 0 Å². The van der Waals surface area contributed by atoms with Crippen molar-refractivity contribution in [2.75, 3.05) is 0 Å². The zero-order chi connectivity index (χ0) is 11.1. The van der Waals surface area contributed by atoms with Crippen molar-refractivity contribution in [2.24, 2.45) is 11.1 Å². The smallest absolute Gasteiger partial charge is 0.0439 e. The van der Waals surface area contributed by atoms with E-state index in [2.05, 4.69) is 26.8 Å². The Balaban J connectivity index is 2.26. The van der Waals surface area contributed by atoms with Crippen LogP contribution in [-0.4, -0.2) is 0 Å². The molecular formula is C13H21NS. The summed E-state index contributed by atoms with van der Waals surface area (Å²) in [6, 6.07) is 2.54. The first-order valence-corrected chi connectivity index (χ1v) is 6.67. The van der Waals surface area contributed by atoms with Crippen molar-refractivity contribution in [3.8, 4) is 0 Å². The third-order valence-electron chi connectivity index (χ3n) is 3.26. The lowest BCUT2D eigenvalue weighted by molar-refractivity contribution is 0.331. The fourth-order valence-corrected chi connectivity index (χ4v) is 3.60. The quantitative estimate of drug-likeness (QED) is 0.772. The summed E-state index contributed by atoms with van der Waals surface area (Å²) in [6.45, 7) is 6.66. The van der Waals surface area contributed by atoms with Crippen molar-refractivity contribution in [1.29, 1.82) is 0 Å². The van der Waals surface area contributed by atoms with E-state index in [0.29, 0.717) is 0 Å². The minimum atomic E-state index is 0.174. The molecule has 0 bridgehead atoms. The molecule has 0 amide bonds. The summed E-state index contributed by atoms with van der Waals surface area (Å²) < 4.78 is 0. The molecule has 1 aliphatic rings. The van der Waals surface area contributed by atoms with Crippen LogP contribution in [-0.2, 0) is 12.8 Å². The molecule has 1 aliphatic carbocycles. The maximum atomic E-state index is 6.29. The lowest BCUT2D eigenvalue weighted by atomic mass is 9.86. The van der Waals surface area contributed by atoms with Gasteiger partial charge in [-0.05, 0) is 42.7 Å². The molecule has 0 spiro atoms. The summed E-state index contributed by atoms with van der Waals surface area (Å²) in [7, 11) is 0. The molecule has 2 N–H and O–H groups in total. The van der Waals surface area contributed by atoms with Crippen LogP contribution in [0.1, 0.15) is 55.0 Å². The van der Waals surface area contributed by atoms with Crippen molar-refractivity contribution in [1.82, 2.24) is 0 Å². The van der Waals surface area contributed by atoms with E-state index in [4.69, 9.17) is 5.73 Å². The highest BCUT2D eigenvalue weighted by molar-refractivity contribution is 7.12. The Morgan fingerprint density at radius 2 is 1.93 bits per heavy atom. The van der Waals surface area contributed by atoms with Crippen LogP contribution in [0.4, 0.5) is 0 Å². The van der Waals surface area contributed by atoms with Crippen molar-refractivity contribution < 1.29 is 0 Å². The zero-order valence-corrected chi connectivity index (χ0v) is 10.8. The van der Waals surface area contributed by atoms with Crippen LogP contribution in [0.15, 0.2) is 6.07 Å². The van der Waals surface area contributed by atoms with Crippen molar-refractivity contribution in [2.45, 2.75) is 52.5 Å². The van der Waals surface area contributed by atoms with E-state index in [-0.39, 0.29) is 11.5 Å². The van der Waals surface area contributed by atoms with E-state index in [9.17, 15) is 0 Å². The van der Waals surface area contributed by atoms with Gasteiger partial charge in [0.1, 0.15) is 0 Å². The molecular weight excluding hydrogens is 202 g/mol. The van der Waals surface area contributed by atoms with Gasteiger partial charge in [0, 0.05) is 15.8 Å². The SMILES string of the molecule is CC(C)(C)C(N)c1cc2c(s1)CCCC2. The number of hydrogen-bond acceptors (Lipinski definition) is 2. The van der Waals surface area contributed by atoms with Gasteiger partial charge >= 0.3 is 0 Å². The van der Waals surface area contributed by atoms with Crippen molar-refractivity contribution in [3.63, 3.8) is 0 Å². The van der Waals surface area contributed by atoms with Crippen molar-refractivity contribution >= 4 is 11.3 Å². The zero-order valence-electron chi connectivity index (χ0n) is 9.97. The maximum absolute atomic E-state index is 6.29. The Kier molecular flexibility index (Phi) is 2.91. The number of thiophene rings is 1. The second kappa shape index (κ2) is 3.91. The molecule has 2 rings (SSSR count). The van der Waals surface area contributed by atoms with Gasteiger partial charge in [-0.1, -0.05) is 20.8 Å². The van der Waals surface area contributed by atoms with Gasteiger partial charge in [0.15, 0.2) is 0 Å². The first-order valence-electron chi connectivity index (χ1n) is 5.85. The van der Waals surface area contributed by atoms with Gasteiger partial charge in [-0.25, -0.2) is 0 Å². The first kappa shape index (κ1) is 11.2. The van der Waals surface area contributed by atoms with E-state index in [1.165, 1.54) is 30.6 Å². The normalized spacial score (nSPS) is 18.7. The number of rotatable bonds is 1. The minimum Gasteiger partial charge on any atom is -0.323 e. The Morgan fingerprint density at radius 3 is 2.53 bits per heavy atom. The lowest BCUT2D eigenvalue weighted by Crippen LogP contribution is -2.25. The summed E-state index contributed by atoms with van der Waals surface area (Å²) in [5.74, 6) is 0. The molecule has 0 aliphatic heterocycles. The van der Waals surface area contributed by atoms with Crippen LogP contribution in [0.3, 0.4) is 0 Å². The molecule has 84 valence electrons. The first-order chi connectivity index (χ1) is 6.98. The second-order valence-electron chi connectivity index (χ2n) is 5.65. The molecule has 0 saturated carbocycles. The summed E-state index contributed by atoms with van der Waals surface area (Å²) in [5.41, 5.74) is 8.04. The average Bonchev–Trinajstić information content (AvgIpc) is 2.58. The fraction of sp³-hybridized carbons (Fsp3) is 0.692. The molecule has 0 saturated heterocycles. The molecule has 0 radical (unpaired) electrons. The third kappa shape index (κ3) is 2.26. The van der Waals surface area contributed by atoms with Crippen LogP contribution in [0.5, 0.6) is 0 Å². The second-order valence-corrected chi connectivity index (χ2v) is 6.82. The third-order valence-corrected chi connectivity index (χ3v) is 4.58. The Morgan fingerprint density at radius 1 is 1.27 bits per heavy atom. The number of hydrogen-bond donors (Lipinski definition) is 1. The van der Waals surface area contributed by atoms with Gasteiger partial charge < -0.3 is 5.73 Å². The predicted octanol–water partition coefficient (Wildman–Crippen LogP) is 3.67. The van der Waals surface area contributed by atoms with E-state index >= 15 is 0 Å². The largest absolute Gasteiger partial charge is 0.323 e. The molecule has 1 atom stereocenters. The van der Waals surface area contributed by atoms with E-state index in [1.54, 1.807) is 10.4 Å². The maximum Gasteiger partial charge on any atom is 0.0439 e. The topological polar surface area (TPSA) is 26.0 Å². The molecule has 1 nitrogen and oxygen atoms in total. The molecule has 1 heterocycles. The van der Waals surface area contributed by atoms with Crippen LogP contribution < -0.4 is 5.73 Å². The van der Waals surface area contributed by atoms with Crippen LogP contribution in [0, 0.1) is 5.41 Å². The fourth-order valence-electron chi connectivity index (χ4n) is 2.09. The highest BCUT2D eigenvalue weighted by Crippen LogP contribution is 2.38. The molecule has 2 heteroatoms. The van der Waals surface area contributed by atoms with Gasteiger partial charge in [0.2, 0.25) is 0 Å². The lowest BCUT2D eigenvalue weighted by Gasteiger charge is -2.25. The molecule has 0 aromatic carbocycles. The molecule has 1 unspecified atom stereocenters. The number of fused-ring (bicyclic) bond motifs is 1. The molecule has 15 heavy (non-hydrogen) atoms. The average molecular weight is 223 g/mol. The van der Waals surface area contributed by atoms with Crippen LogP contribution >= 0.6 is 11.3 Å². The van der Waals surface area contributed by atoms with Gasteiger partial charge in [-0.2, -0.15) is 0 Å². The van der Waals surface area contributed by atoms with Crippen LogP contribution in [0.2, 0.25) is 0 Å². The molecule has 1 aromatic heterocycles. The number of aryl methyl sites for hydroxylation is 2. The Labute approximate surface area is 96.7 Å². The molecule has 0 fully saturated rings. The highest BCUT2D eigenvalue weighted by Gasteiger charge is 2.25. The summed E-state index contributed by atoms with van der Waals surface area (Å²) in [6.07, 6.45) is 5.26. The van der Waals surface area contributed by atoms with E-state index < -0.39 is 0 Å². The summed E-state index contributed by atoms with van der Waals surface area (Å²) >= 11 is 1.95. The Bertz CT molecular complexity index is 322. The highest BCUT2D eigenvalue weighted by atomic mass is 32.1. The van der Waals surface area contributed by atoms with Gasteiger partial charge in [0.25, 0.3) is 0 Å². The van der Waals surface area contributed by atoms with Gasteiger partial charge in [-0.3, -0.25) is 0 Å². The summed E-state index contributed by atoms with van der Waals surface area (Å²) in [4.78, 5) is 2.98. The Hall–Kier alpha value is -0.340. The van der Waals surface area contributed by atoms with E-state index in [0.717, 1.165) is 0 Å². The standard InChI is InChI=1S/C13H21NS/c1-13(2,3)12(14)11-8-9-6-4-5-7-10(9)15-11/h8,12H,4-7,14H2,1-3H3. The monoisotopic (exact) mass is 223 g/mol. The minimum absolute atomic E-state index is 0.174. The van der Waals surface area contributed by atoms with Gasteiger partial charge in [-0.15, -0.1) is 11.3 Å². The van der Waals surface area contributed by atoms with Gasteiger partial charge in [0.05, 0.1) is 0 Å².